The van der Waals surface area contributed by atoms with Crippen LogP contribution < -0.4 is 10.6 Å². The predicted octanol–water partition coefficient (Wildman–Crippen LogP) is 2.65. The Hall–Kier alpha value is -2.22. The number of piperazine rings is 1. The van der Waals surface area contributed by atoms with Crippen LogP contribution in [0.1, 0.15) is 16.8 Å². The quantitative estimate of drug-likeness (QED) is 0.862. The summed E-state index contributed by atoms with van der Waals surface area (Å²) < 4.78 is 40.1. The van der Waals surface area contributed by atoms with Crippen LogP contribution in [0.4, 0.5) is 24.5 Å². The van der Waals surface area contributed by atoms with Crippen LogP contribution in [0.3, 0.4) is 0 Å². The highest BCUT2D eigenvalue weighted by molar-refractivity contribution is 5.69. The summed E-state index contributed by atoms with van der Waals surface area (Å²) in [4.78, 5) is 4.36. The molecule has 0 aliphatic carbocycles. The van der Waals surface area contributed by atoms with Crippen molar-refractivity contribution < 1.29 is 13.2 Å². The first-order valence-corrected chi connectivity index (χ1v) is 8.17. The highest BCUT2D eigenvalue weighted by Crippen LogP contribution is 2.34. The minimum absolute atomic E-state index is 0.173. The number of alkyl halides is 3. The Morgan fingerprint density at radius 1 is 1.16 bits per heavy atom. The maximum atomic E-state index is 12.8. The Morgan fingerprint density at radius 3 is 2.36 bits per heavy atom. The Balaban J connectivity index is 1.63. The van der Waals surface area contributed by atoms with Crippen molar-refractivity contribution in [2.45, 2.75) is 19.6 Å². The number of nitrogens with two attached hydrogens (primary N) is 1. The zero-order valence-electron chi connectivity index (χ0n) is 14.3. The first-order valence-electron chi connectivity index (χ1n) is 8.17. The lowest BCUT2D eigenvalue weighted by Crippen LogP contribution is -2.46. The molecule has 1 aliphatic rings. The van der Waals surface area contributed by atoms with Gasteiger partial charge in [0.15, 0.2) is 0 Å². The van der Waals surface area contributed by atoms with Gasteiger partial charge in [-0.2, -0.15) is 18.3 Å². The predicted molar refractivity (Wildman–Crippen MR) is 91.3 cm³/mol. The number of benzene rings is 1. The molecule has 1 aromatic heterocycles. The molecular weight excluding hydrogens is 331 g/mol. The van der Waals surface area contributed by atoms with Crippen LogP contribution in [-0.2, 0) is 19.8 Å². The molecule has 8 heteroatoms. The second-order valence-corrected chi connectivity index (χ2v) is 6.45. The smallest absolute Gasteiger partial charge is 0.397 e. The number of anilines is 2. The van der Waals surface area contributed by atoms with Gasteiger partial charge < -0.3 is 10.6 Å². The van der Waals surface area contributed by atoms with Crippen molar-refractivity contribution in [1.29, 1.82) is 0 Å². The van der Waals surface area contributed by atoms with Crippen molar-refractivity contribution in [2.24, 2.45) is 7.05 Å². The van der Waals surface area contributed by atoms with Gasteiger partial charge in [-0.25, -0.2) is 0 Å². The van der Waals surface area contributed by atoms with Crippen LogP contribution in [0.25, 0.3) is 0 Å². The first-order chi connectivity index (χ1) is 11.7. The highest BCUT2D eigenvalue weighted by Gasteiger charge is 2.31. The maximum absolute atomic E-state index is 12.8. The lowest BCUT2D eigenvalue weighted by atomic mass is 10.1. The molecule has 0 radical (unpaired) electrons. The highest BCUT2D eigenvalue weighted by atomic mass is 19.4. The molecule has 2 heterocycles. The lowest BCUT2D eigenvalue weighted by Gasteiger charge is -2.36. The van der Waals surface area contributed by atoms with Gasteiger partial charge >= 0.3 is 6.18 Å². The second-order valence-electron chi connectivity index (χ2n) is 6.45. The van der Waals surface area contributed by atoms with Gasteiger partial charge in [0.25, 0.3) is 0 Å². The Bertz CT molecular complexity index is 745. The number of nitrogens with zero attached hydrogens (tertiary/aromatic N) is 4. The van der Waals surface area contributed by atoms with E-state index < -0.39 is 11.7 Å². The molecule has 2 N–H and O–H groups in total. The number of aromatic nitrogens is 2. The van der Waals surface area contributed by atoms with E-state index >= 15 is 0 Å². The van der Waals surface area contributed by atoms with Crippen LogP contribution in [-0.4, -0.2) is 40.9 Å². The average Bonchev–Trinajstić information content (AvgIpc) is 2.85. The van der Waals surface area contributed by atoms with Crippen molar-refractivity contribution in [3.8, 4) is 0 Å². The Morgan fingerprint density at radius 2 is 1.84 bits per heavy atom. The van der Waals surface area contributed by atoms with Gasteiger partial charge in [0.05, 0.1) is 22.6 Å². The number of hydrogen-bond acceptors (Lipinski definition) is 4. The van der Waals surface area contributed by atoms with Crippen LogP contribution in [0.2, 0.25) is 0 Å². The monoisotopic (exact) mass is 353 g/mol. The van der Waals surface area contributed by atoms with E-state index in [0.29, 0.717) is 5.69 Å². The van der Waals surface area contributed by atoms with E-state index in [4.69, 9.17) is 5.73 Å². The summed E-state index contributed by atoms with van der Waals surface area (Å²) in [5.74, 6) is 0. The maximum Gasteiger partial charge on any atom is 0.416 e. The summed E-state index contributed by atoms with van der Waals surface area (Å²) in [6.07, 6.45) is -2.34. The third kappa shape index (κ3) is 3.89. The molecule has 0 saturated carbocycles. The SMILES string of the molecule is Cc1nn(C)cc1CN1CCN(c2ccc(C(F)(F)F)cc2N)CC1. The van der Waals surface area contributed by atoms with Gasteiger partial charge in [0.2, 0.25) is 0 Å². The van der Waals surface area contributed by atoms with Gasteiger partial charge in [0, 0.05) is 51.5 Å². The molecule has 3 rings (SSSR count). The summed E-state index contributed by atoms with van der Waals surface area (Å²) in [6, 6.07) is 3.58. The minimum atomic E-state index is -4.37. The molecule has 0 amide bonds. The molecule has 1 saturated heterocycles. The summed E-state index contributed by atoms with van der Waals surface area (Å²) in [7, 11) is 1.90. The fraction of sp³-hybridized carbons (Fsp3) is 0.471. The molecule has 0 atom stereocenters. The van der Waals surface area contributed by atoms with Crippen LogP contribution >= 0.6 is 0 Å². The van der Waals surface area contributed by atoms with Crippen molar-refractivity contribution in [3.05, 3.63) is 41.2 Å². The van der Waals surface area contributed by atoms with Gasteiger partial charge in [0.1, 0.15) is 0 Å². The Kier molecular flexibility index (Phi) is 4.64. The standard InChI is InChI=1S/C17H22F3N5/c1-12-13(10-23(2)22-12)11-24-5-7-25(8-6-24)16-4-3-14(9-15(16)21)17(18,19)20/h3-4,9-10H,5-8,11,21H2,1-2H3. The van der Waals surface area contributed by atoms with Crippen molar-refractivity contribution >= 4 is 11.4 Å². The van der Waals surface area contributed by atoms with Crippen molar-refractivity contribution in [1.82, 2.24) is 14.7 Å². The molecule has 0 bridgehead atoms. The molecule has 1 aliphatic heterocycles. The molecule has 1 fully saturated rings. The third-order valence-electron chi connectivity index (χ3n) is 4.58. The van der Waals surface area contributed by atoms with E-state index in [1.807, 2.05) is 29.7 Å². The van der Waals surface area contributed by atoms with Crippen LogP contribution in [0.5, 0.6) is 0 Å². The fourth-order valence-electron chi connectivity index (χ4n) is 3.21. The molecule has 25 heavy (non-hydrogen) atoms. The fourth-order valence-corrected chi connectivity index (χ4v) is 3.21. The molecule has 136 valence electrons. The van der Waals surface area contributed by atoms with E-state index in [-0.39, 0.29) is 5.69 Å². The van der Waals surface area contributed by atoms with E-state index in [0.717, 1.165) is 50.6 Å². The van der Waals surface area contributed by atoms with E-state index in [9.17, 15) is 13.2 Å². The van der Waals surface area contributed by atoms with Crippen molar-refractivity contribution in [2.75, 3.05) is 36.8 Å². The topological polar surface area (TPSA) is 50.3 Å². The first kappa shape index (κ1) is 17.6. The Labute approximate surface area is 144 Å². The molecule has 2 aromatic rings. The lowest BCUT2D eigenvalue weighted by molar-refractivity contribution is -0.137. The number of aryl methyl sites for hydroxylation is 2. The van der Waals surface area contributed by atoms with Gasteiger partial charge in [-0.1, -0.05) is 0 Å². The van der Waals surface area contributed by atoms with Crippen molar-refractivity contribution in [3.63, 3.8) is 0 Å². The van der Waals surface area contributed by atoms with E-state index in [1.165, 1.54) is 11.6 Å². The molecular formula is C17H22F3N5. The average molecular weight is 353 g/mol. The summed E-state index contributed by atoms with van der Waals surface area (Å²) in [5, 5.41) is 4.35. The number of hydrogen-bond donors (Lipinski definition) is 1. The third-order valence-corrected chi connectivity index (χ3v) is 4.58. The normalized spacial score (nSPS) is 16.4. The van der Waals surface area contributed by atoms with Gasteiger partial charge in [-0.15, -0.1) is 0 Å². The second kappa shape index (κ2) is 6.59. The van der Waals surface area contributed by atoms with Gasteiger partial charge in [-0.05, 0) is 25.1 Å². The number of halogens is 3. The van der Waals surface area contributed by atoms with Gasteiger partial charge in [-0.3, -0.25) is 9.58 Å². The molecule has 0 spiro atoms. The number of nitrogen functional groups attached to an aromatic ring is 1. The largest absolute Gasteiger partial charge is 0.416 e. The summed E-state index contributed by atoms with van der Waals surface area (Å²) in [6.45, 7) is 5.94. The molecule has 1 aromatic carbocycles. The van der Waals surface area contributed by atoms with Crippen LogP contribution in [0.15, 0.2) is 24.4 Å². The van der Waals surface area contributed by atoms with E-state index in [2.05, 4.69) is 10.00 Å². The summed E-state index contributed by atoms with van der Waals surface area (Å²) in [5.41, 5.74) is 8.22. The molecule has 0 unspecified atom stereocenters. The summed E-state index contributed by atoms with van der Waals surface area (Å²) >= 11 is 0. The zero-order valence-corrected chi connectivity index (χ0v) is 14.3. The molecule has 5 nitrogen and oxygen atoms in total. The zero-order chi connectivity index (χ0) is 18.2. The van der Waals surface area contributed by atoms with E-state index in [1.54, 1.807) is 0 Å². The minimum Gasteiger partial charge on any atom is -0.397 e. The number of rotatable bonds is 3. The van der Waals surface area contributed by atoms with Crippen LogP contribution in [0, 0.1) is 6.92 Å².